The number of benzene rings is 1. The van der Waals surface area contributed by atoms with Crippen LogP contribution >= 0.6 is 22.6 Å². The average Bonchev–Trinajstić information content (AvgIpc) is 2.91. The minimum Gasteiger partial charge on any atom is -0.444 e. The molecule has 0 unspecified atom stereocenters. The molecule has 5 heteroatoms. The molecule has 0 N–H and O–H groups in total. The van der Waals surface area contributed by atoms with Crippen molar-refractivity contribution in [3.63, 3.8) is 0 Å². The smallest absolute Gasteiger partial charge is 0.410 e. The van der Waals surface area contributed by atoms with Crippen molar-refractivity contribution in [1.29, 1.82) is 0 Å². The molecule has 1 amide bonds. The first-order valence-corrected chi connectivity index (χ1v) is 8.78. The summed E-state index contributed by atoms with van der Waals surface area (Å²) in [6.45, 7) is 5.82. The number of hydrogen-bond donors (Lipinski definition) is 0. The first-order chi connectivity index (χ1) is 10.3. The summed E-state index contributed by atoms with van der Waals surface area (Å²) in [7, 11) is 0. The van der Waals surface area contributed by atoms with Crippen LogP contribution in [0.3, 0.4) is 0 Å². The fourth-order valence-electron chi connectivity index (χ4n) is 2.73. The van der Waals surface area contributed by atoms with Crippen LogP contribution in [0.1, 0.15) is 52.0 Å². The van der Waals surface area contributed by atoms with Crippen LogP contribution in [0.25, 0.3) is 0 Å². The first kappa shape index (κ1) is 17.5. The maximum atomic E-state index is 14.0. The van der Waals surface area contributed by atoms with Crippen LogP contribution in [0.5, 0.6) is 0 Å². The standard InChI is InChI=1S/C17H23FINO2/c1-17(2,3)22-16(21)20(14-6-4-5-7-14)11-12-10-13(19)8-9-15(12)18/h8-10,14H,4-7,11H2,1-3H3. The lowest BCUT2D eigenvalue weighted by atomic mass is 10.1. The summed E-state index contributed by atoms with van der Waals surface area (Å²) in [5, 5.41) is 0. The van der Waals surface area contributed by atoms with E-state index in [1.54, 1.807) is 17.0 Å². The van der Waals surface area contributed by atoms with E-state index in [4.69, 9.17) is 4.74 Å². The lowest BCUT2D eigenvalue weighted by Crippen LogP contribution is -2.42. The van der Waals surface area contributed by atoms with Gasteiger partial charge in [0.2, 0.25) is 0 Å². The second kappa shape index (κ2) is 7.15. The van der Waals surface area contributed by atoms with E-state index in [1.807, 2.05) is 20.8 Å². The summed E-state index contributed by atoms with van der Waals surface area (Å²) in [6.07, 6.45) is 3.80. The predicted molar refractivity (Wildman–Crippen MR) is 93.2 cm³/mol. The third-order valence-electron chi connectivity index (χ3n) is 3.74. The van der Waals surface area contributed by atoms with E-state index in [-0.39, 0.29) is 24.5 Å². The summed E-state index contributed by atoms with van der Waals surface area (Å²) < 4.78 is 20.5. The Kier molecular flexibility index (Phi) is 5.69. The monoisotopic (exact) mass is 419 g/mol. The summed E-state index contributed by atoms with van der Waals surface area (Å²) >= 11 is 2.16. The summed E-state index contributed by atoms with van der Waals surface area (Å²) in [4.78, 5) is 14.2. The van der Waals surface area contributed by atoms with E-state index in [9.17, 15) is 9.18 Å². The molecule has 0 saturated heterocycles. The van der Waals surface area contributed by atoms with Gasteiger partial charge in [-0.15, -0.1) is 0 Å². The van der Waals surface area contributed by atoms with Gasteiger partial charge in [-0.3, -0.25) is 0 Å². The van der Waals surface area contributed by atoms with Gasteiger partial charge in [-0.25, -0.2) is 9.18 Å². The highest BCUT2D eigenvalue weighted by atomic mass is 127. The van der Waals surface area contributed by atoms with Gasteiger partial charge < -0.3 is 9.64 Å². The number of carbonyl (C=O) groups is 1. The van der Waals surface area contributed by atoms with Crippen molar-refractivity contribution < 1.29 is 13.9 Å². The predicted octanol–water partition coefficient (Wildman–Crippen LogP) is 5.11. The Labute approximate surface area is 145 Å². The quantitative estimate of drug-likeness (QED) is 0.638. The molecule has 2 rings (SSSR count). The average molecular weight is 419 g/mol. The molecule has 0 aromatic heterocycles. The van der Waals surface area contributed by atoms with Crippen LogP contribution in [-0.4, -0.2) is 22.6 Å². The number of rotatable bonds is 3. The van der Waals surface area contributed by atoms with Crippen molar-refractivity contribution in [2.75, 3.05) is 0 Å². The lowest BCUT2D eigenvalue weighted by Gasteiger charge is -2.31. The summed E-state index contributed by atoms with van der Waals surface area (Å²) in [5.41, 5.74) is 0.00193. The van der Waals surface area contributed by atoms with Crippen molar-refractivity contribution >= 4 is 28.7 Å². The second-order valence-corrected chi connectivity index (χ2v) is 8.03. The number of ether oxygens (including phenoxy) is 1. The fraction of sp³-hybridized carbons (Fsp3) is 0.588. The molecule has 0 radical (unpaired) electrons. The van der Waals surface area contributed by atoms with Gasteiger partial charge in [0, 0.05) is 15.2 Å². The Morgan fingerprint density at radius 2 is 2.00 bits per heavy atom. The largest absolute Gasteiger partial charge is 0.444 e. The molecule has 1 fully saturated rings. The van der Waals surface area contributed by atoms with Crippen LogP contribution in [0.2, 0.25) is 0 Å². The zero-order valence-electron chi connectivity index (χ0n) is 13.4. The molecule has 3 nitrogen and oxygen atoms in total. The Hall–Kier alpha value is -0.850. The van der Waals surface area contributed by atoms with Gasteiger partial charge in [0.05, 0.1) is 6.54 Å². The highest BCUT2D eigenvalue weighted by Crippen LogP contribution is 2.27. The molecular weight excluding hydrogens is 396 g/mol. The maximum absolute atomic E-state index is 14.0. The molecule has 0 spiro atoms. The molecule has 122 valence electrons. The van der Waals surface area contributed by atoms with E-state index in [1.165, 1.54) is 6.07 Å². The van der Waals surface area contributed by atoms with Crippen LogP contribution in [0, 0.1) is 9.39 Å². The molecule has 1 aromatic carbocycles. The van der Waals surface area contributed by atoms with Crippen LogP contribution in [0.15, 0.2) is 18.2 Å². The van der Waals surface area contributed by atoms with E-state index in [0.717, 1.165) is 29.3 Å². The fourth-order valence-corrected chi connectivity index (χ4v) is 3.28. The third kappa shape index (κ3) is 4.83. The van der Waals surface area contributed by atoms with Gasteiger partial charge in [-0.1, -0.05) is 12.8 Å². The van der Waals surface area contributed by atoms with Crippen molar-refractivity contribution in [1.82, 2.24) is 4.90 Å². The highest BCUT2D eigenvalue weighted by Gasteiger charge is 2.30. The van der Waals surface area contributed by atoms with E-state index in [2.05, 4.69) is 22.6 Å². The number of halogens is 2. The molecule has 0 bridgehead atoms. The molecular formula is C17H23FINO2. The normalized spacial score (nSPS) is 15.9. The van der Waals surface area contributed by atoms with Gasteiger partial charge in [0.1, 0.15) is 11.4 Å². The van der Waals surface area contributed by atoms with E-state index < -0.39 is 5.60 Å². The molecule has 0 atom stereocenters. The molecule has 1 aromatic rings. The number of hydrogen-bond acceptors (Lipinski definition) is 2. The van der Waals surface area contributed by atoms with Gasteiger partial charge >= 0.3 is 6.09 Å². The Morgan fingerprint density at radius 1 is 1.36 bits per heavy atom. The van der Waals surface area contributed by atoms with E-state index in [0.29, 0.717) is 5.56 Å². The second-order valence-electron chi connectivity index (χ2n) is 6.78. The van der Waals surface area contributed by atoms with Gasteiger partial charge in [-0.05, 0) is 74.4 Å². The van der Waals surface area contributed by atoms with Crippen molar-refractivity contribution in [3.8, 4) is 0 Å². The molecule has 0 aliphatic heterocycles. The molecule has 1 aliphatic carbocycles. The van der Waals surface area contributed by atoms with Crippen LogP contribution in [-0.2, 0) is 11.3 Å². The molecule has 1 aliphatic rings. The van der Waals surface area contributed by atoms with Crippen molar-refractivity contribution in [2.24, 2.45) is 0 Å². The van der Waals surface area contributed by atoms with Gasteiger partial charge in [0.25, 0.3) is 0 Å². The molecule has 22 heavy (non-hydrogen) atoms. The molecule has 0 heterocycles. The number of carbonyl (C=O) groups excluding carboxylic acids is 1. The Balaban J connectivity index is 2.20. The Morgan fingerprint density at radius 3 is 2.59 bits per heavy atom. The lowest BCUT2D eigenvalue weighted by molar-refractivity contribution is 0.0143. The minimum absolute atomic E-state index is 0.145. The Bertz CT molecular complexity index is 536. The van der Waals surface area contributed by atoms with Gasteiger partial charge in [0.15, 0.2) is 0 Å². The van der Waals surface area contributed by atoms with Crippen molar-refractivity contribution in [3.05, 3.63) is 33.1 Å². The maximum Gasteiger partial charge on any atom is 0.410 e. The highest BCUT2D eigenvalue weighted by molar-refractivity contribution is 14.1. The van der Waals surface area contributed by atoms with Crippen molar-refractivity contribution in [2.45, 2.75) is 64.6 Å². The van der Waals surface area contributed by atoms with Crippen LogP contribution in [0.4, 0.5) is 9.18 Å². The SMILES string of the molecule is CC(C)(C)OC(=O)N(Cc1cc(I)ccc1F)C1CCCC1. The first-order valence-electron chi connectivity index (χ1n) is 7.70. The summed E-state index contributed by atoms with van der Waals surface area (Å²) in [6, 6.07) is 5.13. The summed E-state index contributed by atoms with van der Waals surface area (Å²) in [5.74, 6) is -0.271. The number of amides is 1. The zero-order chi connectivity index (χ0) is 16.3. The topological polar surface area (TPSA) is 29.5 Å². The zero-order valence-corrected chi connectivity index (χ0v) is 15.5. The minimum atomic E-state index is -0.544. The molecule has 1 saturated carbocycles. The third-order valence-corrected chi connectivity index (χ3v) is 4.41. The van der Waals surface area contributed by atoms with Crippen LogP contribution < -0.4 is 0 Å². The van der Waals surface area contributed by atoms with E-state index >= 15 is 0 Å². The van der Waals surface area contributed by atoms with Gasteiger partial charge in [-0.2, -0.15) is 0 Å². The number of nitrogens with zero attached hydrogens (tertiary/aromatic N) is 1.